The maximum Gasteiger partial charge on any atom is 0.276 e. The van der Waals surface area contributed by atoms with Crippen LogP contribution in [0, 0.1) is 22.2 Å². The van der Waals surface area contributed by atoms with E-state index in [1.165, 1.54) is 37.4 Å². The summed E-state index contributed by atoms with van der Waals surface area (Å²) < 4.78 is 12.1. The first-order valence-corrected chi connectivity index (χ1v) is 11.5. The van der Waals surface area contributed by atoms with Crippen molar-refractivity contribution in [2.75, 3.05) is 26.5 Å². The summed E-state index contributed by atoms with van der Waals surface area (Å²) >= 11 is 0. The average Bonchev–Trinajstić information content (AvgIpc) is 3.70. The second-order valence-corrected chi connectivity index (χ2v) is 8.91. The van der Waals surface area contributed by atoms with Gasteiger partial charge in [-0.15, -0.1) is 0 Å². The molecule has 0 saturated heterocycles. The number of ether oxygens (including phenoxy) is 2. The highest BCUT2D eigenvalue weighted by molar-refractivity contribution is 6.08. The lowest BCUT2D eigenvalue weighted by Gasteiger charge is -2.14. The lowest BCUT2D eigenvalue weighted by atomic mass is 10.1. The Morgan fingerprint density at radius 2 is 1.92 bits per heavy atom. The quantitative estimate of drug-likeness (QED) is 0.375. The van der Waals surface area contributed by atoms with Crippen LogP contribution in [0.15, 0.2) is 41.1 Å². The van der Waals surface area contributed by atoms with E-state index in [9.17, 15) is 10.1 Å². The predicted molar refractivity (Wildman–Crippen MR) is 140 cm³/mol. The number of nitriles is 1. The van der Waals surface area contributed by atoms with Crippen molar-refractivity contribution in [3.05, 3.63) is 52.3 Å². The van der Waals surface area contributed by atoms with E-state index in [-0.39, 0.29) is 28.2 Å². The van der Waals surface area contributed by atoms with E-state index in [0.717, 1.165) is 12.8 Å². The molecule has 3 aromatic rings. The summed E-state index contributed by atoms with van der Waals surface area (Å²) in [5.74, 6) is 1.15. The van der Waals surface area contributed by atoms with Crippen LogP contribution in [-0.2, 0) is 7.05 Å². The van der Waals surface area contributed by atoms with Crippen LogP contribution in [0.2, 0.25) is 0 Å². The third-order valence-electron chi connectivity index (χ3n) is 6.35. The molecule has 4 rings (SSSR count). The number of nitrogens with one attached hydrogen (secondary N) is 2. The van der Waals surface area contributed by atoms with Gasteiger partial charge in [-0.2, -0.15) is 5.26 Å². The maximum atomic E-state index is 13.0. The monoisotopic (exact) mass is 500 g/mol. The van der Waals surface area contributed by atoms with Crippen LogP contribution < -0.4 is 26.1 Å². The van der Waals surface area contributed by atoms with Gasteiger partial charge in [0.15, 0.2) is 5.82 Å². The van der Waals surface area contributed by atoms with Gasteiger partial charge in [0.05, 0.1) is 37.6 Å². The fourth-order valence-corrected chi connectivity index (χ4v) is 3.82. The number of methoxy groups -OCH3 is 2. The number of anilines is 1. The van der Waals surface area contributed by atoms with E-state index < -0.39 is 0 Å². The maximum absolute atomic E-state index is 13.0. The van der Waals surface area contributed by atoms with E-state index in [4.69, 9.17) is 20.6 Å². The molecule has 1 aromatic carbocycles. The third-order valence-corrected chi connectivity index (χ3v) is 6.35. The Hall–Kier alpha value is -4.72. The number of rotatable bonds is 9. The smallest absolute Gasteiger partial charge is 0.276 e. The van der Waals surface area contributed by atoms with Crippen LogP contribution in [0.5, 0.6) is 11.5 Å². The molecule has 1 fully saturated rings. The van der Waals surface area contributed by atoms with Crippen molar-refractivity contribution >= 4 is 17.6 Å². The molecule has 1 aliphatic rings. The molecule has 11 heteroatoms. The normalized spacial score (nSPS) is 14.2. The van der Waals surface area contributed by atoms with Crippen molar-refractivity contribution in [2.24, 2.45) is 12.5 Å². The van der Waals surface area contributed by atoms with Crippen molar-refractivity contribution in [1.82, 2.24) is 24.8 Å². The van der Waals surface area contributed by atoms with Crippen molar-refractivity contribution in [3.63, 3.8) is 0 Å². The molecule has 0 unspecified atom stereocenters. The van der Waals surface area contributed by atoms with Crippen molar-refractivity contribution in [1.29, 1.82) is 10.7 Å². The van der Waals surface area contributed by atoms with Crippen molar-refractivity contribution in [3.8, 4) is 40.2 Å². The van der Waals surface area contributed by atoms with Gasteiger partial charge >= 0.3 is 0 Å². The van der Waals surface area contributed by atoms with Crippen LogP contribution in [0.25, 0.3) is 28.2 Å². The third kappa shape index (κ3) is 5.13. The first-order chi connectivity index (χ1) is 17.7. The van der Waals surface area contributed by atoms with Gasteiger partial charge in [-0.3, -0.25) is 4.79 Å². The van der Waals surface area contributed by atoms with Crippen molar-refractivity contribution < 1.29 is 9.47 Å². The van der Waals surface area contributed by atoms with Gasteiger partial charge in [0, 0.05) is 48.9 Å². The number of hydrogen-bond donors (Lipinski definition) is 3. The molecule has 190 valence electrons. The minimum Gasteiger partial charge on any atom is -0.497 e. The van der Waals surface area contributed by atoms with Gasteiger partial charge in [-0.05, 0) is 31.9 Å². The molecule has 4 N–H and O–H groups in total. The van der Waals surface area contributed by atoms with Gasteiger partial charge in [0.25, 0.3) is 5.56 Å². The van der Waals surface area contributed by atoms with Gasteiger partial charge in [-0.1, -0.05) is 0 Å². The molecule has 2 heterocycles. The van der Waals surface area contributed by atoms with E-state index >= 15 is 0 Å². The summed E-state index contributed by atoms with van der Waals surface area (Å²) in [5.41, 5.74) is 8.40. The summed E-state index contributed by atoms with van der Waals surface area (Å²) in [7, 11) is 4.67. The van der Waals surface area contributed by atoms with Crippen LogP contribution in [0.3, 0.4) is 0 Å². The molecule has 0 atom stereocenters. The van der Waals surface area contributed by atoms with Gasteiger partial charge in [-0.25, -0.2) is 15.0 Å². The summed E-state index contributed by atoms with van der Waals surface area (Å²) in [6.45, 7) is 2.32. The Kier molecular flexibility index (Phi) is 6.93. The highest BCUT2D eigenvalue weighted by atomic mass is 16.5. The minimum atomic E-state index is -0.343. The molecule has 2 aromatic heterocycles. The van der Waals surface area contributed by atoms with E-state index in [1.54, 1.807) is 25.2 Å². The summed E-state index contributed by atoms with van der Waals surface area (Å²) in [5, 5.41) is 20.6. The van der Waals surface area contributed by atoms with Crippen LogP contribution >= 0.6 is 0 Å². The number of nitrogen functional groups attached to an aromatic ring is 1. The number of nitrogens with two attached hydrogens (primary N) is 1. The number of allylic oxidation sites excluding steroid dienone is 2. The molecule has 11 nitrogen and oxygen atoms in total. The molecule has 0 bridgehead atoms. The van der Waals surface area contributed by atoms with E-state index in [2.05, 4.69) is 26.3 Å². The molecule has 1 aliphatic carbocycles. The highest BCUT2D eigenvalue weighted by Crippen LogP contribution is 2.44. The van der Waals surface area contributed by atoms with Gasteiger partial charge in [0.2, 0.25) is 0 Å². The van der Waals surface area contributed by atoms with Crippen LogP contribution in [0.1, 0.15) is 25.5 Å². The lowest BCUT2D eigenvalue weighted by Crippen LogP contribution is -2.22. The SMILES string of the molecule is COc1cc(OC)cc(-c2nc(-c3nc(/C(C=N)=C(\C)NCC4(C#N)CC4)cnc3N)cn(C)c2=O)c1. The Morgan fingerprint density at radius 3 is 2.49 bits per heavy atom. The summed E-state index contributed by atoms with van der Waals surface area (Å²) in [6, 6.07) is 7.44. The molecular formula is C26H28N8O3. The summed E-state index contributed by atoms with van der Waals surface area (Å²) in [4.78, 5) is 26.5. The Bertz CT molecular complexity index is 1480. The zero-order valence-electron chi connectivity index (χ0n) is 21.1. The van der Waals surface area contributed by atoms with E-state index in [1.807, 2.05) is 6.92 Å². The molecule has 0 radical (unpaired) electrons. The minimum absolute atomic E-state index is 0.125. The molecule has 0 amide bonds. The Labute approximate surface area is 214 Å². The number of benzene rings is 1. The van der Waals surface area contributed by atoms with Crippen LogP contribution in [-0.4, -0.2) is 46.5 Å². The molecule has 0 spiro atoms. The number of nitrogens with zero attached hydrogens (tertiary/aromatic N) is 5. The zero-order chi connectivity index (χ0) is 26.7. The fraction of sp³-hybridized carbons (Fsp3) is 0.308. The second kappa shape index (κ2) is 10.1. The van der Waals surface area contributed by atoms with Gasteiger partial charge in [0.1, 0.15) is 28.6 Å². The molecular weight excluding hydrogens is 472 g/mol. The number of aromatic nitrogens is 4. The molecule has 1 saturated carbocycles. The average molecular weight is 501 g/mol. The Morgan fingerprint density at radius 1 is 1.24 bits per heavy atom. The summed E-state index contributed by atoms with van der Waals surface area (Å²) in [6.07, 6.45) is 5.92. The topological polar surface area (TPSA) is 165 Å². The second-order valence-electron chi connectivity index (χ2n) is 8.91. The van der Waals surface area contributed by atoms with Gasteiger partial charge < -0.3 is 30.5 Å². The largest absolute Gasteiger partial charge is 0.497 e. The lowest BCUT2D eigenvalue weighted by molar-refractivity contribution is 0.394. The first kappa shape index (κ1) is 25.4. The van der Waals surface area contributed by atoms with Crippen LogP contribution in [0.4, 0.5) is 5.82 Å². The number of hydrogen-bond acceptors (Lipinski definition) is 10. The molecule has 0 aliphatic heterocycles. The predicted octanol–water partition coefficient (Wildman–Crippen LogP) is 2.78. The van der Waals surface area contributed by atoms with E-state index in [0.29, 0.717) is 46.3 Å². The standard InChI is InChI=1S/C26H28N8O3/c1-15(31-14-26(13-28)5-6-26)19(10-27)20-11-30-24(29)23(32-20)21-12-34(2)25(35)22(33-21)16-7-17(36-3)9-18(8-16)37-4/h7-12,27,31H,5-6,14H2,1-4H3,(H2,29,30)/b19-15+,27-10?. The first-order valence-electron chi connectivity index (χ1n) is 11.5. The van der Waals surface area contributed by atoms with Crippen molar-refractivity contribution in [2.45, 2.75) is 19.8 Å². The Balaban J connectivity index is 1.79. The highest BCUT2D eigenvalue weighted by Gasteiger charge is 2.42. The zero-order valence-corrected chi connectivity index (χ0v) is 21.1. The number of aryl methyl sites for hydroxylation is 1. The molecule has 37 heavy (non-hydrogen) atoms. The fourth-order valence-electron chi connectivity index (χ4n) is 3.82.